The number of nitrogens with zero attached hydrogens (tertiary/aromatic N) is 4. The summed E-state index contributed by atoms with van der Waals surface area (Å²) in [5.41, 5.74) is 2.17. The minimum atomic E-state index is -0.299. The van der Waals surface area contributed by atoms with Crippen LogP contribution in [0.3, 0.4) is 0 Å². The van der Waals surface area contributed by atoms with Crippen molar-refractivity contribution >= 4 is 17.5 Å². The number of methoxy groups -OCH3 is 1. The van der Waals surface area contributed by atoms with E-state index in [1.54, 1.807) is 11.8 Å². The fourth-order valence-corrected chi connectivity index (χ4v) is 3.32. The molecule has 0 radical (unpaired) electrons. The van der Waals surface area contributed by atoms with Gasteiger partial charge in [-0.1, -0.05) is 41.1 Å². The van der Waals surface area contributed by atoms with Crippen LogP contribution >= 0.6 is 11.6 Å². The van der Waals surface area contributed by atoms with Crippen LogP contribution in [0.15, 0.2) is 73.1 Å². The van der Waals surface area contributed by atoms with E-state index in [-0.39, 0.29) is 11.6 Å². The standard InChI is InChI=1S/C22H20ClN5O2/c1-30-19-9-7-16(8-10-19)14-24-21(29)20-22(27-11-2-3-12-27)28(26-25-20)15-17-5-4-6-18(23)13-17/h2-13H,14-15H2,1H3,(H,24,29). The zero-order chi connectivity index (χ0) is 20.9. The molecule has 4 rings (SSSR count). The van der Waals surface area contributed by atoms with Gasteiger partial charge in [0.1, 0.15) is 5.75 Å². The number of benzene rings is 2. The summed E-state index contributed by atoms with van der Waals surface area (Å²) in [7, 11) is 1.62. The second-order valence-electron chi connectivity index (χ2n) is 6.67. The topological polar surface area (TPSA) is 74.0 Å². The van der Waals surface area contributed by atoms with Crippen LogP contribution in [0.4, 0.5) is 0 Å². The van der Waals surface area contributed by atoms with E-state index in [9.17, 15) is 4.79 Å². The van der Waals surface area contributed by atoms with Crippen LogP contribution in [0.5, 0.6) is 5.75 Å². The van der Waals surface area contributed by atoms with Crippen molar-refractivity contribution in [3.8, 4) is 11.6 Å². The van der Waals surface area contributed by atoms with Crippen molar-refractivity contribution in [3.63, 3.8) is 0 Å². The van der Waals surface area contributed by atoms with Crippen LogP contribution in [-0.2, 0) is 13.1 Å². The SMILES string of the molecule is COc1ccc(CNC(=O)c2nnn(Cc3cccc(Cl)c3)c2-n2cccc2)cc1. The first-order valence-electron chi connectivity index (χ1n) is 9.36. The number of hydrogen-bond acceptors (Lipinski definition) is 4. The average Bonchev–Trinajstić information content (AvgIpc) is 3.42. The quantitative estimate of drug-likeness (QED) is 0.493. The molecule has 0 atom stereocenters. The highest BCUT2D eigenvalue weighted by molar-refractivity contribution is 6.30. The molecule has 0 bridgehead atoms. The molecule has 0 aliphatic rings. The fourth-order valence-electron chi connectivity index (χ4n) is 3.11. The molecular weight excluding hydrogens is 402 g/mol. The Bertz CT molecular complexity index is 1140. The Labute approximate surface area is 178 Å². The molecule has 0 saturated heterocycles. The predicted octanol–water partition coefficient (Wildman–Crippen LogP) is 3.71. The molecule has 0 aliphatic carbocycles. The van der Waals surface area contributed by atoms with Gasteiger partial charge in [-0.2, -0.15) is 0 Å². The van der Waals surface area contributed by atoms with E-state index in [0.29, 0.717) is 23.9 Å². The summed E-state index contributed by atoms with van der Waals surface area (Å²) in [6.07, 6.45) is 3.71. The number of carbonyl (C=O) groups is 1. The largest absolute Gasteiger partial charge is 0.497 e. The summed E-state index contributed by atoms with van der Waals surface area (Å²) in [6, 6.07) is 18.8. The van der Waals surface area contributed by atoms with Crippen LogP contribution in [-0.4, -0.2) is 32.6 Å². The molecule has 1 N–H and O–H groups in total. The Morgan fingerprint density at radius 2 is 1.83 bits per heavy atom. The molecule has 0 spiro atoms. The van der Waals surface area contributed by atoms with Gasteiger partial charge in [0.25, 0.3) is 5.91 Å². The lowest BCUT2D eigenvalue weighted by Gasteiger charge is -2.10. The number of amides is 1. The first-order valence-corrected chi connectivity index (χ1v) is 9.74. The maximum Gasteiger partial charge on any atom is 0.276 e. The zero-order valence-corrected chi connectivity index (χ0v) is 17.1. The van der Waals surface area contributed by atoms with Crippen molar-refractivity contribution in [3.05, 3.63) is 94.9 Å². The molecule has 1 amide bonds. The maximum absolute atomic E-state index is 12.9. The molecule has 30 heavy (non-hydrogen) atoms. The third-order valence-electron chi connectivity index (χ3n) is 4.61. The zero-order valence-electron chi connectivity index (χ0n) is 16.3. The van der Waals surface area contributed by atoms with E-state index in [1.807, 2.05) is 77.6 Å². The molecule has 0 saturated carbocycles. The van der Waals surface area contributed by atoms with Gasteiger partial charge in [0.2, 0.25) is 0 Å². The molecule has 2 heterocycles. The second-order valence-corrected chi connectivity index (χ2v) is 7.11. The normalized spacial score (nSPS) is 10.7. The van der Waals surface area contributed by atoms with Crippen molar-refractivity contribution in [2.45, 2.75) is 13.1 Å². The first-order chi connectivity index (χ1) is 14.6. The van der Waals surface area contributed by atoms with Crippen LogP contribution in [0.2, 0.25) is 5.02 Å². The number of aromatic nitrogens is 4. The molecule has 2 aromatic carbocycles. The van der Waals surface area contributed by atoms with Crippen molar-refractivity contribution in [2.75, 3.05) is 7.11 Å². The Morgan fingerprint density at radius 3 is 2.53 bits per heavy atom. The van der Waals surface area contributed by atoms with E-state index in [1.165, 1.54) is 0 Å². The van der Waals surface area contributed by atoms with Gasteiger partial charge in [-0.15, -0.1) is 5.10 Å². The van der Waals surface area contributed by atoms with E-state index < -0.39 is 0 Å². The highest BCUT2D eigenvalue weighted by Gasteiger charge is 2.21. The van der Waals surface area contributed by atoms with Gasteiger partial charge in [0.05, 0.1) is 13.7 Å². The summed E-state index contributed by atoms with van der Waals surface area (Å²) in [4.78, 5) is 12.9. The monoisotopic (exact) mass is 421 g/mol. The third-order valence-corrected chi connectivity index (χ3v) is 4.84. The van der Waals surface area contributed by atoms with Crippen molar-refractivity contribution in [1.82, 2.24) is 24.9 Å². The molecule has 152 valence electrons. The Morgan fingerprint density at radius 1 is 1.07 bits per heavy atom. The molecule has 0 aliphatic heterocycles. The van der Waals surface area contributed by atoms with Gasteiger partial charge in [0, 0.05) is 24.0 Å². The van der Waals surface area contributed by atoms with Crippen LogP contribution in [0.1, 0.15) is 21.6 Å². The second kappa shape index (κ2) is 8.84. The lowest BCUT2D eigenvalue weighted by atomic mass is 10.2. The number of rotatable bonds is 7. The van der Waals surface area contributed by atoms with E-state index in [4.69, 9.17) is 16.3 Å². The summed E-state index contributed by atoms with van der Waals surface area (Å²) in [5, 5.41) is 11.9. The van der Waals surface area contributed by atoms with Gasteiger partial charge >= 0.3 is 0 Å². The third kappa shape index (κ3) is 4.36. The first kappa shape index (κ1) is 19.7. The number of ether oxygens (including phenoxy) is 1. The van der Waals surface area contributed by atoms with Crippen molar-refractivity contribution < 1.29 is 9.53 Å². The van der Waals surface area contributed by atoms with Gasteiger partial charge in [-0.05, 0) is 47.5 Å². The fraction of sp³-hybridized carbons (Fsp3) is 0.136. The highest BCUT2D eigenvalue weighted by Crippen LogP contribution is 2.17. The number of nitrogens with one attached hydrogen (secondary N) is 1. The summed E-state index contributed by atoms with van der Waals surface area (Å²) >= 11 is 6.10. The smallest absolute Gasteiger partial charge is 0.276 e. The Hall–Kier alpha value is -3.58. The van der Waals surface area contributed by atoms with Crippen molar-refractivity contribution in [2.24, 2.45) is 0 Å². The van der Waals surface area contributed by atoms with Gasteiger partial charge in [0.15, 0.2) is 11.5 Å². The predicted molar refractivity (Wildman–Crippen MR) is 114 cm³/mol. The van der Waals surface area contributed by atoms with Crippen molar-refractivity contribution in [1.29, 1.82) is 0 Å². The number of halogens is 1. The lowest BCUT2D eigenvalue weighted by Crippen LogP contribution is -2.25. The average molecular weight is 422 g/mol. The number of hydrogen-bond donors (Lipinski definition) is 1. The molecule has 8 heteroatoms. The van der Waals surface area contributed by atoms with Gasteiger partial charge in [-0.25, -0.2) is 4.68 Å². The Balaban J connectivity index is 1.57. The lowest BCUT2D eigenvalue weighted by molar-refractivity contribution is 0.0946. The summed E-state index contributed by atoms with van der Waals surface area (Å²) < 4.78 is 8.68. The van der Waals surface area contributed by atoms with Gasteiger partial charge < -0.3 is 14.6 Å². The number of carbonyl (C=O) groups excluding carboxylic acids is 1. The van der Waals surface area contributed by atoms with Crippen LogP contribution in [0.25, 0.3) is 5.82 Å². The molecule has 0 fully saturated rings. The van der Waals surface area contributed by atoms with Crippen LogP contribution < -0.4 is 10.1 Å². The molecular formula is C22H20ClN5O2. The maximum atomic E-state index is 12.9. The minimum Gasteiger partial charge on any atom is -0.497 e. The highest BCUT2D eigenvalue weighted by atomic mass is 35.5. The molecule has 7 nitrogen and oxygen atoms in total. The summed E-state index contributed by atoms with van der Waals surface area (Å²) in [5.74, 6) is 1.06. The molecule has 2 aromatic heterocycles. The van der Waals surface area contributed by atoms with E-state index in [2.05, 4.69) is 15.6 Å². The van der Waals surface area contributed by atoms with Gasteiger partial charge in [-0.3, -0.25) is 4.79 Å². The van der Waals surface area contributed by atoms with E-state index >= 15 is 0 Å². The molecule has 4 aromatic rings. The van der Waals surface area contributed by atoms with E-state index in [0.717, 1.165) is 16.9 Å². The van der Waals surface area contributed by atoms with Crippen LogP contribution in [0, 0.1) is 0 Å². The summed E-state index contributed by atoms with van der Waals surface area (Å²) in [6.45, 7) is 0.807. The minimum absolute atomic E-state index is 0.252. The Kier molecular flexibility index (Phi) is 5.81. The molecule has 0 unspecified atom stereocenters.